The predicted molar refractivity (Wildman–Crippen MR) is 30.5 cm³/mol. The van der Waals surface area contributed by atoms with Gasteiger partial charge in [0.2, 0.25) is 0 Å². The van der Waals surface area contributed by atoms with Crippen molar-refractivity contribution in [2.24, 2.45) is 0 Å². The monoisotopic (exact) mass is 228 g/mol. The van der Waals surface area contributed by atoms with Crippen LogP contribution >= 0.6 is 0 Å². The molecule has 0 spiro atoms. The molecule has 0 aromatic rings. The molecule has 0 aromatic heterocycles. The molecule has 0 fully saturated rings. The molecule has 0 saturated heterocycles. The normalized spacial score (nSPS) is 1.21. The van der Waals surface area contributed by atoms with Gasteiger partial charge in [-0.1, -0.05) is 0 Å². The average molecular weight is 228 g/mol. The minimum absolute atomic E-state index is 2.00. The van der Waals surface area contributed by atoms with E-state index in [1.165, 1.54) is 0 Å². The van der Waals surface area contributed by atoms with E-state index in [-0.39, 0.29) is 0 Å². The van der Waals surface area contributed by atoms with Gasteiger partial charge in [-0.2, -0.15) is 0 Å². The van der Waals surface area contributed by atoms with Gasteiger partial charge in [0.25, 0.3) is 0 Å². The molecule has 0 atom stereocenters. The zero-order valence-electron chi connectivity index (χ0n) is 6.45. The van der Waals surface area contributed by atoms with E-state index in [0.717, 1.165) is 0 Å². The fourth-order valence-electron chi connectivity index (χ4n) is 0. The number of hydrogen-bond donors (Lipinski definition) is 0. The van der Waals surface area contributed by atoms with Crippen LogP contribution in [0.1, 0.15) is 0 Å². The standard InChI is InChI=1S/6CN.Fe.O/c6*1-2;;/q6*-1;;. The molecule has 0 bridgehead atoms. The first kappa shape index (κ1) is 65.3. The van der Waals surface area contributed by atoms with Crippen molar-refractivity contribution in [2.45, 2.75) is 0 Å². The summed E-state index contributed by atoms with van der Waals surface area (Å²) >= 11 is 2.00. The Hall–Kier alpha value is -2.74. The summed E-state index contributed by atoms with van der Waals surface area (Å²) in [4.78, 5) is 0. The molecule has 74 valence electrons. The quantitative estimate of drug-likeness (QED) is 0.429. The maximum atomic E-state index is 8.00. The zero-order chi connectivity index (χ0) is 14.0. The Kier molecular flexibility index (Phi) is 546. The van der Waals surface area contributed by atoms with Crippen LogP contribution in [0.25, 0.3) is 0 Å². The Morgan fingerprint density at radius 3 is 0.429 bits per heavy atom. The third-order valence-corrected chi connectivity index (χ3v) is 0. The van der Waals surface area contributed by atoms with E-state index < -0.39 is 0 Å². The van der Waals surface area contributed by atoms with Gasteiger partial charge in [-0.05, 0) is 0 Å². The van der Waals surface area contributed by atoms with Crippen LogP contribution in [0.3, 0.4) is 0 Å². The molecule has 0 amide bonds. The first-order valence-electron chi connectivity index (χ1n) is 1.49. The second-order valence-electron chi connectivity index (χ2n) is 0. The molecule has 0 radical (unpaired) electrons. The van der Waals surface area contributed by atoms with Crippen LogP contribution in [0.5, 0.6) is 0 Å². The summed E-state index contributed by atoms with van der Waals surface area (Å²) in [6, 6.07) is 0. The van der Waals surface area contributed by atoms with E-state index in [9.17, 15) is 0 Å². The van der Waals surface area contributed by atoms with Crippen molar-refractivity contribution in [1.29, 1.82) is 31.6 Å². The van der Waals surface area contributed by atoms with Crippen molar-refractivity contribution >= 4 is 0 Å². The van der Waals surface area contributed by atoms with Crippen molar-refractivity contribution in [3.63, 3.8) is 0 Å². The molecule has 0 aliphatic carbocycles. The number of hydrogen-bond acceptors (Lipinski definition) is 7. The van der Waals surface area contributed by atoms with Crippen LogP contribution in [-0.2, 0) is 19.8 Å². The Morgan fingerprint density at radius 1 is 0.429 bits per heavy atom. The van der Waals surface area contributed by atoms with E-state index in [1.807, 2.05) is 15.9 Å². The van der Waals surface area contributed by atoms with Crippen molar-refractivity contribution in [3.8, 4) is 0 Å². The molecule has 0 aliphatic rings. The van der Waals surface area contributed by atoms with E-state index in [2.05, 4.69) is 0 Å². The minimum atomic E-state index is 2.00. The van der Waals surface area contributed by atoms with Crippen molar-refractivity contribution in [3.05, 3.63) is 39.4 Å². The third kappa shape index (κ3) is 84.1. The van der Waals surface area contributed by atoms with Crippen LogP contribution < -0.4 is 0 Å². The summed E-state index contributed by atoms with van der Waals surface area (Å²) in [6.45, 7) is 28.5. The molecule has 0 N–H and O–H groups in total. The summed E-state index contributed by atoms with van der Waals surface area (Å²) < 4.78 is 8.00. The Morgan fingerprint density at radius 2 is 0.429 bits per heavy atom. The summed E-state index contributed by atoms with van der Waals surface area (Å²) in [6.07, 6.45) is 0. The molecule has 8 heteroatoms. The van der Waals surface area contributed by atoms with Gasteiger partial charge in [-0.25, -0.2) is 0 Å². The van der Waals surface area contributed by atoms with Crippen molar-refractivity contribution in [2.75, 3.05) is 0 Å². The average Bonchev–Trinajstić information content (AvgIpc) is 2.45. The van der Waals surface area contributed by atoms with Gasteiger partial charge in [0.1, 0.15) is 0 Å². The summed E-state index contributed by atoms with van der Waals surface area (Å²) in [5.74, 6) is 0. The Labute approximate surface area is 91.3 Å². The number of rotatable bonds is 0. The molecule has 0 unspecified atom stereocenters. The van der Waals surface area contributed by atoms with E-state index in [4.69, 9.17) is 74.8 Å². The van der Waals surface area contributed by atoms with E-state index in [0.29, 0.717) is 0 Å². The molecule has 0 rings (SSSR count). The van der Waals surface area contributed by atoms with Crippen LogP contribution in [0.15, 0.2) is 0 Å². The molecule has 7 nitrogen and oxygen atoms in total. The summed E-state index contributed by atoms with van der Waals surface area (Å²) in [5.41, 5.74) is 0. The van der Waals surface area contributed by atoms with Gasteiger partial charge < -0.3 is 71.0 Å². The van der Waals surface area contributed by atoms with Gasteiger partial charge >= 0.3 is 19.8 Å². The van der Waals surface area contributed by atoms with Crippen LogP contribution in [0, 0.1) is 71.0 Å². The molecule has 14 heavy (non-hydrogen) atoms. The zero-order valence-corrected chi connectivity index (χ0v) is 7.55. The fraction of sp³-hybridized carbons (Fsp3) is 0. The van der Waals surface area contributed by atoms with Gasteiger partial charge in [0, 0.05) is 0 Å². The van der Waals surface area contributed by atoms with Crippen LogP contribution in [0.4, 0.5) is 0 Å². The first-order chi connectivity index (χ1) is 7.00. The van der Waals surface area contributed by atoms with Crippen molar-refractivity contribution < 1.29 is 19.8 Å². The second-order valence-corrected chi connectivity index (χ2v) is 0. The number of nitrogens with zero attached hydrogens (tertiary/aromatic N) is 6. The Balaban J connectivity index is -0.00000000817. The van der Waals surface area contributed by atoms with Crippen molar-refractivity contribution in [1.82, 2.24) is 0 Å². The van der Waals surface area contributed by atoms with Gasteiger partial charge in [0.05, 0.1) is 0 Å². The SMILES string of the molecule is [C-]#N.[C-]#N.[C-]#N.[C-]#N.[C-]#N.[C-]#N.[O]=[Fe]. The molecular formula is C6FeN6O-6. The topological polar surface area (TPSA) is 160 Å². The third-order valence-electron chi connectivity index (χ3n) is 0. The molecule has 0 aliphatic heterocycles. The van der Waals surface area contributed by atoms with Gasteiger partial charge in [0.15, 0.2) is 0 Å². The Bertz CT molecular complexity index is 109. The molecule has 0 saturated carbocycles. The summed E-state index contributed by atoms with van der Waals surface area (Å²) in [5, 5.41) is 37.5. The van der Waals surface area contributed by atoms with E-state index in [1.54, 1.807) is 0 Å². The van der Waals surface area contributed by atoms with Gasteiger partial charge in [-0.15, -0.1) is 0 Å². The second kappa shape index (κ2) is 117. The fourth-order valence-corrected chi connectivity index (χ4v) is 0. The first-order valence-corrected chi connectivity index (χ1v) is 1.94. The van der Waals surface area contributed by atoms with Crippen LogP contribution in [-0.4, -0.2) is 0 Å². The molecule has 0 heterocycles. The van der Waals surface area contributed by atoms with E-state index >= 15 is 0 Å². The molecule has 0 aromatic carbocycles. The maximum absolute atomic E-state index is 8.00. The predicted octanol–water partition coefficient (Wildman–Crippen LogP) is 0.457. The van der Waals surface area contributed by atoms with Gasteiger partial charge in [-0.3, -0.25) is 0 Å². The molecular weight excluding hydrogens is 228 g/mol. The van der Waals surface area contributed by atoms with Crippen LogP contribution in [0.2, 0.25) is 0 Å². The summed E-state index contributed by atoms with van der Waals surface area (Å²) in [7, 11) is 0.